The first-order chi connectivity index (χ1) is 15.0. The molecule has 2 heterocycles. The fraction of sp³-hybridized carbons (Fsp3) is 0.667. The Morgan fingerprint density at radius 1 is 1.06 bits per heavy atom. The summed E-state index contributed by atoms with van der Waals surface area (Å²) in [6.45, 7) is 6.32. The number of hydrogen-bond acceptors (Lipinski definition) is 4. The van der Waals surface area contributed by atoms with Gasteiger partial charge in [0, 0.05) is 49.5 Å². The molecule has 0 aliphatic carbocycles. The van der Waals surface area contributed by atoms with E-state index in [4.69, 9.17) is 21.1 Å². The number of morpholine rings is 1. The van der Waals surface area contributed by atoms with Gasteiger partial charge in [0.25, 0.3) is 0 Å². The number of hydrogen-bond donors (Lipinski definition) is 0. The number of nitrogens with zero attached hydrogens (tertiary/aromatic N) is 2. The molecular weight excluding hydrogens is 416 g/mol. The smallest absolute Gasteiger partial charge is 0.223 e. The van der Waals surface area contributed by atoms with Crippen molar-refractivity contribution in [2.24, 2.45) is 5.41 Å². The highest BCUT2D eigenvalue weighted by Gasteiger charge is 2.40. The van der Waals surface area contributed by atoms with Crippen LogP contribution in [0.5, 0.6) is 5.75 Å². The number of carbonyl (C=O) groups is 2. The quantitative estimate of drug-likeness (QED) is 0.530. The van der Waals surface area contributed by atoms with Crippen molar-refractivity contribution in [1.82, 2.24) is 9.80 Å². The lowest BCUT2D eigenvalue weighted by Crippen LogP contribution is -2.52. The molecule has 2 aliphatic heterocycles. The predicted octanol–water partition coefficient (Wildman–Crippen LogP) is 4.16. The topological polar surface area (TPSA) is 59.1 Å². The zero-order valence-corrected chi connectivity index (χ0v) is 19.4. The fourth-order valence-corrected chi connectivity index (χ4v) is 4.56. The zero-order valence-electron chi connectivity index (χ0n) is 18.6. The molecule has 2 saturated heterocycles. The van der Waals surface area contributed by atoms with Gasteiger partial charge in [-0.2, -0.15) is 0 Å². The molecule has 7 heteroatoms. The minimum absolute atomic E-state index is 0.128. The minimum atomic E-state index is -0.381. The average molecular weight is 451 g/mol. The van der Waals surface area contributed by atoms with Gasteiger partial charge in [-0.15, -0.1) is 0 Å². The van der Waals surface area contributed by atoms with Crippen LogP contribution in [0, 0.1) is 5.41 Å². The molecule has 0 radical (unpaired) electrons. The summed E-state index contributed by atoms with van der Waals surface area (Å²) in [5.41, 5.74) is -0.381. The van der Waals surface area contributed by atoms with E-state index in [1.54, 1.807) is 12.1 Å². The fourth-order valence-electron chi connectivity index (χ4n) is 4.43. The van der Waals surface area contributed by atoms with Crippen molar-refractivity contribution in [3.8, 4) is 5.75 Å². The molecule has 0 bridgehead atoms. The number of likely N-dealkylation sites (tertiary alicyclic amines) is 1. The van der Waals surface area contributed by atoms with Crippen LogP contribution < -0.4 is 4.74 Å². The number of amides is 2. The molecule has 0 spiro atoms. The van der Waals surface area contributed by atoms with Crippen molar-refractivity contribution in [2.75, 3.05) is 46.0 Å². The van der Waals surface area contributed by atoms with Crippen LogP contribution in [0.2, 0.25) is 5.02 Å². The predicted molar refractivity (Wildman–Crippen MR) is 121 cm³/mol. The molecule has 1 atom stereocenters. The van der Waals surface area contributed by atoms with Crippen LogP contribution >= 0.6 is 11.6 Å². The molecule has 0 aromatic heterocycles. The largest absolute Gasteiger partial charge is 0.493 e. The van der Waals surface area contributed by atoms with Gasteiger partial charge in [-0.05, 0) is 43.5 Å². The number of halogens is 1. The van der Waals surface area contributed by atoms with E-state index in [1.807, 2.05) is 21.9 Å². The molecule has 2 fully saturated rings. The summed E-state index contributed by atoms with van der Waals surface area (Å²) in [5.74, 6) is 1.06. The van der Waals surface area contributed by atoms with E-state index in [0.29, 0.717) is 57.3 Å². The second-order valence-electron chi connectivity index (χ2n) is 8.79. The number of piperidine rings is 1. The number of benzene rings is 1. The van der Waals surface area contributed by atoms with Crippen molar-refractivity contribution >= 4 is 23.4 Å². The Bertz CT molecular complexity index is 721. The van der Waals surface area contributed by atoms with Crippen LogP contribution in [-0.4, -0.2) is 67.6 Å². The highest BCUT2D eigenvalue weighted by molar-refractivity contribution is 6.30. The molecule has 0 N–H and O–H groups in total. The molecule has 1 aromatic carbocycles. The third kappa shape index (κ3) is 7.11. The molecule has 31 heavy (non-hydrogen) atoms. The summed E-state index contributed by atoms with van der Waals surface area (Å²) in [5, 5.41) is 0.658. The van der Waals surface area contributed by atoms with Crippen molar-refractivity contribution in [3.63, 3.8) is 0 Å². The molecule has 1 aromatic rings. The normalized spacial score (nSPS) is 21.7. The van der Waals surface area contributed by atoms with Crippen molar-refractivity contribution < 1.29 is 19.1 Å². The first kappa shape index (κ1) is 23.9. The Labute approximate surface area is 190 Å². The van der Waals surface area contributed by atoms with Gasteiger partial charge in [0.2, 0.25) is 11.8 Å². The molecular formula is C24H35ClN2O4. The molecule has 2 amide bonds. The van der Waals surface area contributed by atoms with E-state index >= 15 is 0 Å². The summed E-state index contributed by atoms with van der Waals surface area (Å²) in [6.07, 6.45) is 5.82. The Morgan fingerprint density at radius 2 is 1.81 bits per heavy atom. The van der Waals surface area contributed by atoms with Crippen LogP contribution in [0.25, 0.3) is 0 Å². The van der Waals surface area contributed by atoms with E-state index in [1.165, 1.54) is 0 Å². The van der Waals surface area contributed by atoms with E-state index in [2.05, 4.69) is 6.92 Å². The van der Waals surface area contributed by atoms with Gasteiger partial charge in [-0.1, -0.05) is 31.4 Å². The van der Waals surface area contributed by atoms with Gasteiger partial charge in [0.15, 0.2) is 0 Å². The molecule has 1 unspecified atom stereocenters. The number of ether oxygens (including phenoxy) is 2. The van der Waals surface area contributed by atoms with Crippen LogP contribution in [0.3, 0.4) is 0 Å². The Hall–Kier alpha value is -1.79. The standard InChI is InChI=1S/C24H35ClN2O4/c1-2-3-4-6-22(28)27-12-5-11-24(18-27,17-23(29)26-13-15-30-16-14-26)19-31-21-9-7-20(25)8-10-21/h7-10H,2-6,11-19H2,1H3. The second kappa shape index (κ2) is 11.7. The first-order valence-corrected chi connectivity index (χ1v) is 11.9. The van der Waals surface area contributed by atoms with Crippen LogP contribution in [0.15, 0.2) is 24.3 Å². The highest BCUT2D eigenvalue weighted by atomic mass is 35.5. The summed E-state index contributed by atoms with van der Waals surface area (Å²) < 4.78 is 11.5. The maximum absolute atomic E-state index is 13.1. The van der Waals surface area contributed by atoms with Gasteiger partial charge in [0.05, 0.1) is 19.8 Å². The highest BCUT2D eigenvalue weighted by Crippen LogP contribution is 2.36. The average Bonchev–Trinajstić information content (AvgIpc) is 2.79. The Kier molecular flexibility index (Phi) is 9.02. The van der Waals surface area contributed by atoms with Gasteiger partial charge in [0.1, 0.15) is 5.75 Å². The zero-order chi connectivity index (χ0) is 22.1. The third-order valence-corrected chi connectivity index (χ3v) is 6.51. The van der Waals surface area contributed by atoms with Gasteiger partial charge in [-0.3, -0.25) is 9.59 Å². The molecule has 3 rings (SSSR count). The van der Waals surface area contributed by atoms with E-state index in [-0.39, 0.29) is 17.2 Å². The number of unbranched alkanes of at least 4 members (excludes halogenated alkanes) is 2. The molecule has 172 valence electrons. The molecule has 2 aliphatic rings. The van der Waals surface area contributed by atoms with E-state index in [9.17, 15) is 9.59 Å². The van der Waals surface area contributed by atoms with Crippen molar-refractivity contribution in [3.05, 3.63) is 29.3 Å². The van der Waals surface area contributed by atoms with Gasteiger partial charge in [-0.25, -0.2) is 0 Å². The first-order valence-electron chi connectivity index (χ1n) is 11.5. The lowest BCUT2D eigenvalue weighted by atomic mass is 9.77. The maximum Gasteiger partial charge on any atom is 0.223 e. The molecule has 0 saturated carbocycles. The van der Waals surface area contributed by atoms with Gasteiger partial charge >= 0.3 is 0 Å². The van der Waals surface area contributed by atoms with Crippen LogP contribution in [0.4, 0.5) is 0 Å². The van der Waals surface area contributed by atoms with E-state index in [0.717, 1.165) is 44.4 Å². The minimum Gasteiger partial charge on any atom is -0.493 e. The summed E-state index contributed by atoms with van der Waals surface area (Å²) in [4.78, 5) is 29.8. The number of rotatable bonds is 9. The third-order valence-electron chi connectivity index (χ3n) is 6.26. The summed E-state index contributed by atoms with van der Waals surface area (Å²) in [7, 11) is 0. The second-order valence-corrected chi connectivity index (χ2v) is 9.22. The maximum atomic E-state index is 13.1. The Morgan fingerprint density at radius 3 is 2.52 bits per heavy atom. The lowest BCUT2D eigenvalue weighted by molar-refractivity contribution is -0.143. The van der Waals surface area contributed by atoms with Crippen LogP contribution in [-0.2, 0) is 14.3 Å². The summed E-state index contributed by atoms with van der Waals surface area (Å²) in [6, 6.07) is 7.28. The number of carbonyl (C=O) groups excluding carboxylic acids is 2. The van der Waals surface area contributed by atoms with Crippen LogP contribution in [0.1, 0.15) is 51.9 Å². The lowest BCUT2D eigenvalue weighted by Gasteiger charge is -2.43. The molecule has 6 nitrogen and oxygen atoms in total. The van der Waals surface area contributed by atoms with Crippen molar-refractivity contribution in [1.29, 1.82) is 0 Å². The SMILES string of the molecule is CCCCCC(=O)N1CCCC(COc2ccc(Cl)cc2)(CC(=O)N2CCOCC2)C1. The summed E-state index contributed by atoms with van der Waals surface area (Å²) >= 11 is 5.99. The van der Waals surface area contributed by atoms with Crippen molar-refractivity contribution in [2.45, 2.75) is 51.9 Å². The van der Waals surface area contributed by atoms with Gasteiger partial charge < -0.3 is 19.3 Å². The van der Waals surface area contributed by atoms with E-state index < -0.39 is 0 Å². The Balaban J connectivity index is 1.69. The monoisotopic (exact) mass is 450 g/mol.